The largest absolute Gasteiger partial charge is 0.497 e. The van der Waals surface area contributed by atoms with E-state index in [4.69, 9.17) is 10.5 Å². The molecule has 3 rings (SSSR count). The van der Waals surface area contributed by atoms with Gasteiger partial charge in [0.25, 0.3) is 0 Å². The maximum absolute atomic E-state index is 5.56. The molecule has 0 bridgehead atoms. The maximum Gasteiger partial charge on any atom is 0.240 e. The molecule has 3 aromatic rings. The van der Waals surface area contributed by atoms with E-state index in [1.54, 1.807) is 11.6 Å². The summed E-state index contributed by atoms with van der Waals surface area (Å²) >= 11 is 0. The molecule has 0 aliphatic carbocycles. The summed E-state index contributed by atoms with van der Waals surface area (Å²) in [6.45, 7) is 0. The van der Waals surface area contributed by atoms with Crippen LogP contribution in [-0.2, 0) is 0 Å². The first-order chi connectivity index (χ1) is 8.76. The van der Waals surface area contributed by atoms with Gasteiger partial charge in [0.1, 0.15) is 5.75 Å². The first-order valence-electron chi connectivity index (χ1n) is 5.52. The fourth-order valence-electron chi connectivity index (χ4n) is 1.87. The number of benzene rings is 1. The van der Waals surface area contributed by atoms with E-state index >= 15 is 0 Å². The minimum Gasteiger partial charge on any atom is -0.497 e. The smallest absolute Gasteiger partial charge is 0.240 e. The first-order valence-corrected chi connectivity index (χ1v) is 5.52. The van der Waals surface area contributed by atoms with Gasteiger partial charge in [-0.2, -0.15) is 4.98 Å². The third kappa shape index (κ3) is 2.46. The average Bonchev–Trinajstić information content (AvgIpc) is 2.77. The molecule has 0 radical (unpaired) electrons. The number of ether oxygens (including phenoxy) is 1. The number of anilines is 1. The molecule has 0 amide bonds. The topological polar surface area (TPSA) is 65.4 Å². The number of nitrogens with zero attached hydrogens (tertiary/aromatic N) is 3. The van der Waals surface area contributed by atoms with Gasteiger partial charge in [0.2, 0.25) is 5.95 Å². The summed E-state index contributed by atoms with van der Waals surface area (Å²) in [4.78, 5) is 4.09. The molecule has 0 saturated carbocycles. The number of hydrogen-bond donors (Lipinski definition) is 1. The van der Waals surface area contributed by atoms with E-state index in [0.717, 1.165) is 22.5 Å². The van der Waals surface area contributed by atoms with Gasteiger partial charge in [-0.25, -0.2) is 4.52 Å². The van der Waals surface area contributed by atoms with Gasteiger partial charge in [0, 0.05) is 11.8 Å². The highest BCUT2D eigenvalue weighted by molar-refractivity contribution is 5.85. The quantitative estimate of drug-likeness (QED) is 0.781. The normalized spacial score (nSPS) is 10.2. The third-order valence-corrected chi connectivity index (χ3v) is 2.75. The monoisotopic (exact) mass is 276 g/mol. The number of nitrogens with two attached hydrogens (primary N) is 1. The highest BCUT2D eigenvalue weighted by atomic mass is 35.5. The van der Waals surface area contributed by atoms with Gasteiger partial charge >= 0.3 is 0 Å². The second-order valence-corrected chi connectivity index (χ2v) is 3.92. The summed E-state index contributed by atoms with van der Waals surface area (Å²) in [5, 5.41) is 4.09. The van der Waals surface area contributed by atoms with Gasteiger partial charge in [-0.15, -0.1) is 17.5 Å². The van der Waals surface area contributed by atoms with Crippen molar-refractivity contribution in [2.24, 2.45) is 0 Å². The Kier molecular flexibility index (Phi) is 3.57. The van der Waals surface area contributed by atoms with Gasteiger partial charge in [-0.3, -0.25) is 0 Å². The molecule has 19 heavy (non-hydrogen) atoms. The number of nitrogen functional groups attached to an aromatic ring is 1. The molecule has 2 N–H and O–H groups in total. The molecule has 0 fully saturated rings. The summed E-state index contributed by atoms with van der Waals surface area (Å²) in [5.74, 6) is 1.10. The Morgan fingerprint density at radius 3 is 2.79 bits per heavy atom. The lowest BCUT2D eigenvalue weighted by molar-refractivity contribution is 0.415. The van der Waals surface area contributed by atoms with E-state index in [1.165, 1.54) is 0 Å². The van der Waals surface area contributed by atoms with E-state index in [2.05, 4.69) is 10.1 Å². The van der Waals surface area contributed by atoms with Crippen LogP contribution >= 0.6 is 12.4 Å². The van der Waals surface area contributed by atoms with Gasteiger partial charge in [-0.05, 0) is 29.8 Å². The fourth-order valence-corrected chi connectivity index (χ4v) is 1.87. The number of pyridine rings is 1. The molecule has 5 nitrogen and oxygen atoms in total. The molecule has 2 heterocycles. The van der Waals surface area contributed by atoms with E-state index in [-0.39, 0.29) is 18.4 Å². The predicted molar refractivity (Wildman–Crippen MR) is 76.6 cm³/mol. The number of rotatable bonds is 2. The van der Waals surface area contributed by atoms with Crippen molar-refractivity contribution in [2.45, 2.75) is 0 Å². The van der Waals surface area contributed by atoms with Crippen LogP contribution in [0.15, 0.2) is 42.6 Å². The van der Waals surface area contributed by atoms with Gasteiger partial charge < -0.3 is 10.5 Å². The first kappa shape index (κ1) is 13.2. The summed E-state index contributed by atoms with van der Waals surface area (Å²) in [6, 6.07) is 11.7. The lowest BCUT2D eigenvalue weighted by atomic mass is 10.1. The van der Waals surface area contributed by atoms with Gasteiger partial charge in [0.15, 0.2) is 5.65 Å². The Morgan fingerprint density at radius 1 is 1.16 bits per heavy atom. The van der Waals surface area contributed by atoms with E-state index in [9.17, 15) is 0 Å². The summed E-state index contributed by atoms with van der Waals surface area (Å²) in [5.41, 5.74) is 8.39. The van der Waals surface area contributed by atoms with E-state index in [1.807, 2.05) is 42.6 Å². The zero-order valence-corrected chi connectivity index (χ0v) is 11.1. The van der Waals surface area contributed by atoms with Crippen LogP contribution in [0.4, 0.5) is 5.95 Å². The lowest BCUT2D eigenvalue weighted by Gasteiger charge is -2.04. The lowest BCUT2D eigenvalue weighted by Crippen LogP contribution is -1.90. The third-order valence-electron chi connectivity index (χ3n) is 2.75. The summed E-state index contributed by atoms with van der Waals surface area (Å²) in [7, 11) is 1.65. The molecule has 6 heteroatoms. The van der Waals surface area contributed by atoms with Crippen molar-refractivity contribution < 1.29 is 4.74 Å². The molecule has 1 aromatic carbocycles. The highest BCUT2D eigenvalue weighted by Gasteiger charge is 2.03. The van der Waals surface area contributed by atoms with Gasteiger partial charge in [-0.1, -0.05) is 12.1 Å². The molecule has 0 aliphatic heterocycles. The predicted octanol–water partition coefficient (Wildman–Crippen LogP) is 2.41. The number of hydrogen-bond acceptors (Lipinski definition) is 4. The van der Waals surface area contributed by atoms with Crippen LogP contribution in [0, 0.1) is 0 Å². The Bertz CT molecular complexity index is 711. The average molecular weight is 277 g/mol. The standard InChI is InChI=1S/C13H12N4O.ClH/c1-18-11-4-2-3-9(7-11)10-5-6-12-15-13(14)16-17(12)8-10;/h2-8H,1H3,(H2,14,16);1H. The summed E-state index contributed by atoms with van der Waals surface area (Å²) < 4.78 is 6.88. The number of aromatic nitrogens is 3. The van der Waals surface area contributed by atoms with Crippen molar-refractivity contribution in [1.29, 1.82) is 0 Å². The van der Waals surface area contributed by atoms with Gasteiger partial charge in [0.05, 0.1) is 7.11 Å². The number of halogens is 1. The van der Waals surface area contributed by atoms with E-state index in [0.29, 0.717) is 0 Å². The molecular formula is C13H13ClN4O. The van der Waals surface area contributed by atoms with Crippen molar-refractivity contribution in [2.75, 3.05) is 12.8 Å². The Hall–Kier alpha value is -2.27. The van der Waals surface area contributed by atoms with Crippen LogP contribution < -0.4 is 10.5 Å². The van der Waals surface area contributed by atoms with Crippen LogP contribution in [0.25, 0.3) is 16.8 Å². The molecule has 2 aromatic heterocycles. The van der Waals surface area contributed by atoms with Crippen molar-refractivity contribution in [3.8, 4) is 16.9 Å². The molecule has 0 saturated heterocycles. The molecule has 0 unspecified atom stereocenters. The van der Waals surface area contributed by atoms with Crippen LogP contribution in [0.1, 0.15) is 0 Å². The van der Waals surface area contributed by atoms with Crippen LogP contribution in [0.5, 0.6) is 5.75 Å². The second-order valence-electron chi connectivity index (χ2n) is 3.92. The fraction of sp³-hybridized carbons (Fsp3) is 0.0769. The Labute approximate surface area is 116 Å². The van der Waals surface area contributed by atoms with Crippen LogP contribution in [0.2, 0.25) is 0 Å². The zero-order valence-electron chi connectivity index (χ0n) is 10.3. The number of fused-ring (bicyclic) bond motifs is 1. The molecular weight excluding hydrogens is 264 g/mol. The number of methoxy groups -OCH3 is 1. The van der Waals surface area contributed by atoms with E-state index < -0.39 is 0 Å². The molecule has 0 spiro atoms. The summed E-state index contributed by atoms with van der Waals surface area (Å²) in [6.07, 6.45) is 1.90. The van der Waals surface area contributed by atoms with Crippen LogP contribution in [-0.4, -0.2) is 21.7 Å². The van der Waals surface area contributed by atoms with Crippen molar-refractivity contribution in [1.82, 2.24) is 14.6 Å². The SMILES string of the molecule is COc1cccc(-c2ccc3nc(N)nn3c2)c1.Cl. The van der Waals surface area contributed by atoms with Crippen molar-refractivity contribution in [3.63, 3.8) is 0 Å². The second kappa shape index (κ2) is 5.16. The minimum atomic E-state index is 0. The zero-order chi connectivity index (χ0) is 12.5. The maximum atomic E-state index is 5.56. The minimum absolute atomic E-state index is 0. The molecule has 0 atom stereocenters. The Balaban J connectivity index is 0.00000133. The molecule has 0 aliphatic rings. The Morgan fingerprint density at radius 2 is 2.00 bits per heavy atom. The highest BCUT2D eigenvalue weighted by Crippen LogP contribution is 2.23. The van der Waals surface area contributed by atoms with Crippen LogP contribution in [0.3, 0.4) is 0 Å². The van der Waals surface area contributed by atoms with Crippen molar-refractivity contribution in [3.05, 3.63) is 42.6 Å². The van der Waals surface area contributed by atoms with Crippen molar-refractivity contribution >= 4 is 24.0 Å². The molecule has 98 valence electrons.